The van der Waals surface area contributed by atoms with Crippen LogP contribution < -0.4 is 0 Å². The molecule has 0 aliphatic carbocycles. The van der Waals surface area contributed by atoms with Crippen LogP contribution in [0.2, 0.25) is 0 Å². The summed E-state index contributed by atoms with van der Waals surface area (Å²) in [6.45, 7) is 16.7. The van der Waals surface area contributed by atoms with E-state index < -0.39 is 22.8 Å². The molecule has 0 unspecified atom stereocenters. The van der Waals surface area contributed by atoms with Crippen LogP contribution in [0.3, 0.4) is 0 Å². The molecule has 0 aromatic carbocycles. The second kappa shape index (κ2) is 6.81. The Morgan fingerprint density at radius 1 is 0.632 bits per heavy atom. The van der Waals surface area contributed by atoms with Gasteiger partial charge in [-0.3, -0.25) is 4.79 Å². The molecule has 5 heteroatoms. The van der Waals surface area contributed by atoms with Gasteiger partial charge in [0.1, 0.15) is 0 Å². The first-order valence-corrected chi connectivity index (χ1v) is 6.25. The SMILES string of the molecule is CC(C)(C)OC(C=O)(OC(C)(C)C)OC(C)(C)C.[Ti]. The van der Waals surface area contributed by atoms with Crippen molar-refractivity contribution in [2.75, 3.05) is 0 Å². The van der Waals surface area contributed by atoms with E-state index in [1.54, 1.807) is 0 Å². The summed E-state index contributed by atoms with van der Waals surface area (Å²) in [7, 11) is 0. The molecule has 0 aliphatic heterocycles. The van der Waals surface area contributed by atoms with E-state index in [0.717, 1.165) is 0 Å². The second-order valence-corrected chi connectivity index (χ2v) is 7.36. The molecule has 0 aliphatic rings. The number of hydrogen-bond donors (Lipinski definition) is 0. The third-order valence-corrected chi connectivity index (χ3v) is 1.49. The summed E-state index contributed by atoms with van der Waals surface area (Å²) in [5.41, 5.74) is -1.67. The van der Waals surface area contributed by atoms with Crippen molar-refractivity contribution in [1.29, 1.82) is 0 Å². The van der Waals surface area contributed by atoms with Gasteiger partial charge in [-0.15, -0.1) is 0 Å². The first-order chi connectivity index (χ1) is 7.68. The van der Waals surface area contributed by atoms with Gasteiger partial charge in [0.05, 0.1) is 16.8 Å². The molecular formula is C14H28O4Ti. The molecular weight excluding hydrogens is 280 g/mol. The molecule has 0 fully saturated rings. The predicted molar refractivity (Wildman–Crippen MR) is 71.3 cm³/mol. The Bertz CT molecular complexity index is 240. The van der Waals surface area contributed by atoms with Crippen LogP contribution in [0.4, 0.5) is 0 Å². The molecule has 0 saturated carbocycles. The van der Waals surface area contributed by atoms with Crippen LogP contribution in [0.25, 0.3) is 0 Å². The number of hydrogen-bond acceptors (Lipinski definition) is 4. The summed E-state index contributed by atoms with van der Waals surface area (Å²) in [6, 6.07) is 0. The minimum atomic E-state index is -1.69. The van der Waals surface area contributed by atoms with Crippen molar-refractivity contribution in [3.8, 4) is 0 Å². The Labute approximate surface area is 132 Å². The fourth-order valence-corrected chi connectivity index (χ4v) is 1.41. The summed E-state index contributed by atoms with van der Waals surface area (Å²) >= 11 is 0. The zero-order chi connectivity index (χ0) is 14.8. The third-order valence-electron chi connectivity index (χ3n) is 1.49. The number of carbonyl (C=O) groups is 1. The van der Waals surface area contributed by atoms with Crippen LogP contribution in [0, 0.1) is 0 Å². The third kappa shape index (κ3) is 10.7. The standard InChI is InChI=1S/C14H28O4.Ti/c1-11(2,3)16-14(10-15,17-12(4,5)6)18-13(7,8)9;/h10H,1-9H3;. The summed E-state index contributed by atoms with van der Waals surface area (Å²) in [5, 5.41) is 0. The molecule has 0 spiro atoms. The quantitative estimate of drug-likeness (QED) is 0.454. The van der Waals surface area contributed by atoms with Gasteiger partial charge in [0.25, 0.3) is 0 Å². The van der Waals surface area contributed by atoms with Gasteiger partial charge >= 0.3 is 5.97 Å². The fraction of sp³-hybridized carbons (Fsp3) is 0.929. The zero-order valence-corrected chi connectivity index (χ0v) is 15.3. The monoisotopic (exact) mass is 308 g/mol. The minimum absolute atomic E-state index is 0. The minimum Gasteiger partial charge on any atom is -0.316 e. The number of carbonyl (C=O) groups excluding carboxylic acids is 1. The molecule has 0 saturated heterocycles. The fourth-order valence-electron chi connectivity index (χ4n) is 1.41. The average molecular weight is 308 g/mol. The molecule has 112 valence electrons. The first-order valence-electron chi connectivity index (χ1n) is 6.25. The largest absolute Gasteiger partial charge is 0.345 e. The van der Waals surface area contributed by atoms with Crippen LogP contribution in [-0.2, 0) is 40.7 Å². The number of aldehydes is 1. The van der Waals surface area contributed by atoms with E-state index in [-0.39, 0.29) is 21.7 Å². The number of rotatable bonds is 4. The van der Waals surface area contributed by atoms with Crippen LogP contribution in [0.1, 0.15) is 62.3 Å². The maximum Gasteiger partial charge on any atom is 0.345 e. The van der Waals surface area contributed by atoms with Gasteiger partial charge in [-0.25, -0.2) is 0 Å². The normalized spacial score (nSPS) is 13.9. The Morgan fingerprint density at radius 2 is 0.842 bits per heavy atom. The molecule has 0 aromatic rings. The second-order valence-electron chi connectivity index (χ2n) is 7.36. The van der Waals surface area contributed by atoms with Gasteiger partial charge in [-0.1, -0.05) is 0 Å². The molecule has 19 heavy (non-hydrogen) atoms. The van der Waals surface area contributed by atoms with E-state index in [1.165, 1.54) is 0 Å². The Hall–Kier alpha value is 0.264. The van der Waals surface area contributed by atoms with Crippen molar-refractivity contribution in [2.24, 2.45) is 0 Å². The molecule has 0 heterocycles. The van der Waals surface area contributed by atoms with Crippen molar-refractivity contribution in [3.05, 3.63) is 0 Å². The van der Waals surface area contributed by atoms with E-state index in [4.69, 9.17) is 14.2 Å². The maximum atomic E-state index is 11.5. The smallest absolute Gasteiger partial charge is 0.316 e. The van der Waals surface area contributed by atoms with Gasteiger partial charge in [-0.2, -0.15) is 0 Å². The Kier molecular flexibility index (Phi) is 7.73. The molecule has 0 rings (SSSR count). The van der Waals surface area contributed by atoms with E-state index in [0.29, 0.717) is 6.29 Å². The van der Waals surface area contributed by atoms with Gasteiger partial charge in [0, 0.05) is 21.7 Å². The van der Waals surface area contributed by atoms with Crippen molar-refractivity contribution < 1.29 is 40.7 Å². The number of ether oxygens (including phenoxy) is 3. The Balaban J connectivity index is 0. The molecule has 0 radical (unpaired) electrons. The summed E-state index contributed by atoms with van der Waals surface area (Å²) in [5.74, 6) is -1.69. The molecule has 0 bridgehead atoms. The van der Waals surface area contributed by atoms with Gasteiger partial charge in [0.15, 0.2) is 0 Å². The van der Waals surface area contributed by atoms with Gasteiger partial charge < -0.3 is 14.2 Å². The molecule has 0 amide bonds. The van der Waals surface area contributed by atoms with Gasteiger partial charge in [-0.05, 0) is 62.3 Å². The topological polar surface area (TPSA) is 44.8 Å². The van der Waals surface area contributed by atoms with Crippen molar-refractivity contribution in [2.45, 2.75) is 85.1 Å². The summed E-state index contributed by atoms with van der Waals surface area (Å²) in [4.78, 5) is 11.5. The first kappa shape index (κ1) is 21.6. The summed E-state index contributed by atoms with van der Waals surface area (Å²) in [6.07, 6.45) is 0.578. The summed E-state index contributed by atoms with van der Waals surface area (Å²) < 4.78 is 17.1. The molecule has 4 nitrogen and oxygen atoms in total. The van der Waals surface area contributed by atoms with Crippen molar-refractivity contribution in [3.63, 3.8) is 0 Å². The molecule has 0 atom stereocenters. The maximum absolute atomic E-state index is 11.5. The van der Waals surface area contributed by atoms with Crippen LogP contribution in [0.5, 0.6) is 0 Å². The van der Waals surface area contributed by atoms with Crippen LogP contribution in [0.15, 0.2) is 0 Å². The average Bonchev–Trinajstić information content (AvgIpc) is 1.93. The zero-order valence-electron chi connectivity index (χ0n) is 13.7. The molecule has 0 aromatic heterocycles. The van der Waals surface area contributed by atoms with E-state index in [1.807, 2.05) is 62.3 Å². The van der Waals surface area contributed by atoms with E-state index in [9.17, 15) is 4.79 Å². The van der Waals surface area contributed by atoms with E-state index >= 15 is 0 Å². The van der Waals surface area contributed by atoms with Crippen molar-refractivity contribution in [1.82, 2.24) is 0 Å². The van der Waals surface area contributed by atoms with Gasteiger partial charge in [0.2, 0.25) is 6.29 Å². The van der Waals surface area contributed by atoms with E-state index in [2.05, 4.69) is 0 Å². The van der Waals surface area contributed by atoms with Crippen molar-refractivity contribution >= 4 is 6.29 Å². The van der Waals surface area contributed by atoms with Crippen LogP contribution in [-0.4, -0.2) is 29.1 Å². The molecule has 0 N–H and O–H groups in total. The Morgan fingerprint density at radius 3 is 0.947 bits per heavy atom. The van der Waals surface area contributed by atoms with Crippen LogP contribution >= 0.6 is 0 Å². The predicted octanol–water partition coefficient (Wildman–Crippen LogP) is 3.28.